The molecule has 0 aromatic carbocycles. The van der Waals surface area contributed by atoms with Crippen molar-refractivity contribution in [3.8, 4) is 0 Å². The number of likely N-dealkylation sites (N-methyl/N-ethyl adjacent to an activating group) is 1. The number of ketones is 1. The van der Waals surface area contributed by atoms with Crippen molar-refractivity contribution in [2.75, 3.05) is 13.6 Å². The van der Waals surface area contributed by atoms with Gasteiger partial charge in [0.15, 0.2) is 5.78 Å². The SMILES string of the molecule is CNCC(=O)C1=CCCCCCC1. The fourth-order valence-electron chi connectivity index (χ4n) is 1.72. The normalized spacial score (nSPS) is 18.7. The van der Waals surface area contributed by atoms with Crippen molar-refractivity contribution in [3.05, 3.63) is 11.6 Å². The number of hydrogen-bond donors (Lipinski definition) is 1. The van der Waals surface area contributed by atoms with Gasteiger partial charge >= 0.3 is 0 Å². The van der Waals surface area contributed by atoms with Crippen LogP contribution in [0.4, 0.5) is 0 Å². The molecule has 1 aliphatic rings. The molecular weight excluding hydrogens is 162 g/mol. The first-order valence-corrected chi connectivity index (χ1v) is 5.21. The van der Waals surface area contributed by atoms with Crippen molar-refractivity contribution < 1.29 is 4.79 Å². The molecule has 0 atom stereocenters. The number of nitrogens with one attached hydrogen (secondary N) is 1. The zero-order valence-corrected chi connectivity index (χ0v) is 8.44. The molecule has 0 aromatic heterocycles. The number of rotatable bonds is 3. The number of Topliss-reactive ketones (excluding diaryl/α,β-unsaturated/α-hetero) is 1. The summed E-state index contributed by atoms with van der Waals surface area (Å²) in [7, 11) is 1.82. The summed E-state index contributed by atoms with van der Waals surface area (Å²) < 4.78 is 0. The molecule has 0 spiro atoms. The van der Waals surface area contributed by atoms with Crippen LogP contribution in [-0.4, -0.2) is 19.4 Å². The van der Waals surface area contributed by atoms with E-state index in [0.717, 1.165) is 18.4 Å². The summed E-state index contributed by atoms with van der Waals surface area (Å²) >= 11 is 0. The molecule has 1 rings (SSSR count). The molecule has 0 heterocycles. The van der Waals surface area contributed by atoms with E-state index in [9.17, 15) is 4.79 Å². The molecule has 0 aliphatic heterocycles. The maximum absolute atomic E-state index is 11.5. The number of carbonyl (C=O) groups excluding carboxylic acids is 1. The zero-order valence-electron chi connectivity index (χ0n) is 8.44. The van der Waals surface area contributed by atoms with Crippen LogP contribution in [0.15, 0.2) is 11.6 Å². The highest BCUT2D eigenvalue weighted by Gasteiger charge is 2.09. The number of hydrogen-bond acceptors (Lipinski definition) is 2. The van der Waals surface area contributed by atoms with Crippen molar-refractivity contribution >= 4 is 5.78 Å². The Labute approximate surface area is 80.4 Å². The highest BCUT2D eigenvalue weighted by Crippen LogP contribution is 2.17. The van der Waals surface area contributed by atoms with Crippen LogP contribution >= 0.6 is 0 Å². The van der Waals surface area contributed by atoms with Crippen LogP contribution in [0.2, 0.25) is 0 Å². The molecule has 0 fully saturated rings. The predicted molar refractivity (Wildman–Crippen MR) is 54.7 cm³/mol. The van der Waals surface area contributed by atoms with Gasteiger partial charge in [-0.15, -0.1) is 0 Å². The highest BCUT2D eigenvalue weighted by atomic mass is 16.1. The molecule has 2 heteroatoms. The first kappa shape index (κ1) is 10.5. The van der Waals surface area contributed by atoms with E-state index in [1.54, 1.807) is 0 Å². The van der Waals surface area contributed by atoms with E-state index in [0.29, 0.717) is 6.54 Å². The van der Waals surface area contributed by atoms with E-state index in [2.05, 4.69) is 11.4 Å². The molecule has 0 amide bonds. The molecule has 0 radical (unpaired) electrons. The first-order chi connectivity index (χ1) is 6.34. The van der Waals surface area contributed by atoms with Gasteiger partial charge in [0.1, 0.15) is 0 Å². The highest BCUT2D eigenvalue weighted by molar-refractivity contribution is 5.96. The van der Waals surface area contributed by atoms with Gasteiger partial charge in [-0.1, -0.05) is 18.9 Å². The third-order valence-electron chi connectivity index (χ3n) is 2.49. The number of carbonyl (C=O) groups is 1. The first-order valence-electron chi connectivity index (χ1n) is 5.21. The predicted octanol–water partition coefficient (Wildman–Crippen LogP) is 2.06. The smallest absolute Gasteiger partial charge is 0.172 e. The Hall–Kier alpha value is -0.630. The van der Waals surface area contributed by atoms with E-state index in [1.165, 1.54) is 25.7 Å². The van der Waals surface area contributed by atoms with Crippen molar-refractivity contribution in [3.63, 3.8) is 0 Å². The van der Waals surface area contributed by atoms with Crippen LogP contribution in [0.3, 0.4) is 0 Å². The molecule has 74 valence electrons. The second-order valence-corrected chi connectivity index (χ2v) is 3.64. The molecule has 0 unspecified atom stereocenters. The Morgan fingerprint density at radius 1 is 1.38 bits per heavy atom. The fourth-order valence-corrected chi connectivity index (χ4v) is 1.72. The Morgan fingerprint density at radius 2 is 2.15 bits per heavy atom. The van der Waals surface area contributed by atoms with E-state index >= 15 is 0 Å². The van der Waals surface area contributed by atoms with Crippen LogP contribution in [0.1, 0.15) is 38.5 Å². The Kier molecular flexibility index (Phi) is 4.76. The molecule has 1 N–H and O–H groups in total. The summed E-state index contributed by atoms with van der Waals surface area (Å²) in [6.45, 7) is 0.492. The van der Waals surface area contributed by atoms with Gasteiger partial charge in [0.05, 0.1) is 6.54 Å². The van der Waals surface area contributed by atoms with Crippen molar-refractivity contribution in [1.82, 2.24) is 5.32 Å². The molecule has 0 aromatic rings. The lowest BCUT2D eigenvalue weighted by Gasteiger charge is -2.09. The van der Waals surface area contributed by atoms with Gasteiger partial charge in [0.2, 0.25) is 0 Å². The van der Waals surface area contributed by atoms with Crippen molar-refractivity contribution in [2.24, 2.45) is 0 Å². The van der Waals surface area contributed by atoms with Gasteiger partial charge in [0.25, 0.3) is 0 Å². The number of allylic oxidation sites excluding steroid dienone is 1. The van der Waals surface area contributed by atoms with Crippen LogP contribution in [0, 0.1) is 0 Å². The monoisotopic (exact) mass is 181 g/mol. The van der Waals surface area contributed by atoms with E-state index in [1.807, 2.05) is 7.05 Å². The molecule has 2 nitrogen and oxygen atoms in total. The van der Waals surface area contributed by atoms with Gasteiger partial charge in [-0.25, -0.2) is 0 Å². The summed E-state index contributed by atoms with van der Waals surface area (Å²) in [4.78, 5) is 11.5. The maximum atomic E-state index is 11.5. The summed E-state index contributed by atoms with van der Waals surface area (Å²) in [5.41, 5.74) is 1.05. The van der Waals surface area contributed by atoms with Crippen molar-refractivity contribution in [2.45, 2.75) is 38.5 Å². The second kappa shape index (κ2) is 5.92. The van der Waals surface area contributed by atoms with Crippen LogP contribution in [-0.2, 0) is 4.79 Å². The van der Waals surface area contributed by atoms with Gasteiger partial charge in [-0.05, 0) is 38.3 Å². The van der Waals surface area contributed by atoms with Gasteiger partial charge in [-0.3, -0.25) is 4.79 Å². The molecule has 0 saturated carbocycles. The molecule has 0 saturated heterocycles. The molecule has 1 aliphatic carbocycles. The van der Waals surface area contributed by atoms with E-state index in [4.69, 9.17) is 0 Å². The molecule has 0 bridgehead atoms. The lowest BCUT2D eigenvalue weighted by molar-refractivity contribution is -0.114. The Morgan fingerprint density at radius 3 is 2.92 bits per heavy atom. The maximum Gasteiger partial charge on any atom is 0.172 e. The topological polar surface area (TPSA) is 29.1 Å². The largest absolute Gasteiger partial charge is 0.313 e. The second-order valence-electron chi connectivity index (χ2n) is 3.64. The van der Waals surface area contributed by atoms with E-state index in [-0.39, 0.29) is 5.78 Å². The minimum Gasteiger partial charge on any atom is -0.313 e. The lowest BCUT2D eigenvalue weighted by atomic mass is 9.97. The quantitative estimate of drug-likeness (QED) is 0.722. The standard InChI is InChI=1S/C11H19NO/c1-12-9-11(13)10-7-5-3-2-4-6-8-10/h7,12H,2-6,8-9H2,1H3. The third-order valence-corrected chi connectivity index (χ3v) is 2.49. The minimum atomic E-state index is 0.282. The fraction of sp³-hybridized carbons (Fsp3) is 0.727. The Balaban J connectivity index is 2.48. The Bertz CT molecular complexity index is 196. The molecular formula is C11H19NO. The van der Waals surface area contributed by atoms with Gasteiger partial charge in [0, 0.05) is 0 Å². The summed E-state index contributed by atoms with van der Waals surface area (Å²) in [6, 6.07) is 0. The summed E-state index contributed by atoms with van der Waals surface area (Å²) in [5, 5.41) is 2.91. The van der Waals surface area contributed by atoms with Gasteiger partial charge in [-0.2, -0.15) is 0 Å². The van der Waals surface area contributed by atoms with Crippen molar-refractivity contribution in [1.29, 1.82) is 0 Å². The van der Waals surface area contributed by atoms with Crippen LogP contribution in [0.25, 0.3) is 0 Å². The van der Waals surface area contributed by atoms with Crippen LogP contribution < -0.4 is 5.32 Å². The summed E-state index contributed by atoms with van der Waals surface area (Å²) in [5.74, 6) is 0.282. The van der Waals surface area contributed by atoms with Crippen LogP contribution in [0.5, 0.6) is 0 Å². The molecule has 13 heavy (non-hydrogen) atoms. The average Bonchev–Trinajstić information content (AvgIpc) is 2.03. The van der Waals surface area contributed by atoms with Gasteiger partial charge < -0.3 is 5.32 Å². The average molecular weight is 181 g/mol. The van der Waals surface area contributed by atoms with E-state index < -0.39 is 0 Å². The summed E-state index contributed by atoms with van der Waals surface area (Å²) in [6.07, 6.45) is 9.25. The third kappa shape index (κ3) is 3.73. The zero-order chi connectivity index (χ0) is 9.52. The minimum absolute atomic E-state index is 0.282. The lowest BCUT2D eigenvalue weighted by Crippen LogP contribution is -2.20.